The van der Waals surface area contributed by atoms with Crippen molar-refractivity contribution in [3.05, 3.63) is 18.2 Å². The van der Waals surface area contributed by atoms with E-state index in [1.807, 2.05) is 13.8 Å². The Kier molecular flexibility index (Phi) is 7.88. The number of nitrogens with one attached hydrogen (secondary N) is 1. The predicted molar refractivity (Wildman–Crippen MR) is 91.7 cm³/mol. The second kappa shape index (κ2) is 9.64. The number of carbonyl (C=O) groups is 2. The smallest absolute Gasteiger partial charge is 0.322 e. The average Bonchev–Trinajstić information content (AvgIpc) is 2.55. The first kappa shape index (κ1) is 19.6. The molecular weight excluding hydrogens is 312 g/mol. The Labute approximate surface area is 142 Å². The highest BCUT2D eigenvalue weighted by atomic mass is 16.5. The van der Waals surface area contributed by atoms with Crippen LogP contribution in [0.5, 0.6) is 11.5 Å². The molecule has 0 saturated carbocycles. The lowest BCUT2D eigenvalue weighted by Gasteiger charge is -2.27. The number of hydrogen-bond donors (Lipinski definition) is 1. The first-order chi connectivity index (χ1) is 11.4. The van der Waals surface area contributed by atoms with Crippen molar-refractivity contribution in [2.24, 2.45) is 0 Å². The molecule has 0 aliphatic heterocycles. The van der Waals surface area contributed by atoms with Crippen molar-refractivity contribution in [2.75, 3.05) is 32.7 Å². The molecule has 0 spiro atoms. The summed E-state index contributed by atoms with van der Waals surface area (Å²) in [7, 11) is 3.08. The van der Waals surface area contributed by atoms with Crippen LogP contribution < -0.4 is 14.8 Å². The van der Waals surface area contributed by atoms with Crippen molar-refractivity contribution in [2.45, 2.75) is 33.2 Å². The molecule has 1 rings (SSSR count). The first-order valence-electron chi connectivity index (χ1n) is 7.88. The van der Waals surface area contributed by atoms with Gasteiger partial charge in [-0.1, -0.05) is 0 Å². The van der Waals surface area contributed by atoms with Gasteiger partial charge in [0.25, 0.3) is 0 Å². The number of ether oxygens (including phenoxy) is 3. The zero-order chi connectivity index (χ0) is 18.1. The van der Waals surface area contributed by atoms with Crippen molar-refractivity contribution in [1.29, 1.82) is 0 Å². The standard InChI is InChI=1S/C17H26N2O5/c1-6-24-16(20)9-10-19(12(2)3)17(21)18-14-8-7-13(22-4)11-15(14)23-5/h7-8,11-12H,6,9-10H2,1-5H3,(H,18,21). The van der Waals surface area contributed by atoms with Crippen LogP contribution in [0.2, 0.25) is 0 Å². The number of methoxy groups -OCH3 is 2. The number of hydrogen-bond acceptors (Lipinski definition) is 5. The van der Waals surface area contributed by atoms with Crippen LogP contribution in [0.3, 0.4) is 0 Å². The average molecular weight is 338 g/mol. The second-order valence-electron chi connectivity index (χ2n) is 5.34. The van der Waals surface area contributed by atoms with Gasteiger partial charge in [-0.05, 0) is 32.9 Å². The van der Waals surface area contributed by atoms with Crippen LogP contribution in [-0.4, -0.2) is 50.3 Å². The Morgan fingerprint density at radius 2 is 1.92 bits per heavy atom. The third-order valence-electron chi connectivity index (χ3n) is 3.40. The molecule has 1 aromatic carbocycles. The molecule has 0 unspecified atom stereocenters. The van der Waals surface area contributed by atoms with E-state index in [4.69, 9.17) is 14.2 Å². The Balaban J connectivity index is 2.80. The van der Waals surface area contributed by atoms with Crippen molar-refractivity contribution in [3.63, 3.8) is 0 Å². The summed E-state index contributed by atoms with van der Waals surface area (Å²) in [5.74, 6) is 0.808. The predicted octanol–water partition coefficient (Wildman–Crippen LogP) is 2.90. The normalized spacial score (nSPS) is 10.2. The van der Waals surface area contributed by atoms with Crippen molar-refractivity contribution < 1.29 is 23.8 Å². The van der Waals surface area contributed by atoms with Crippen LogP contribution in [0.1, 0.15) is 27.2 Å². The molecule has 0 bridgehead atoms. The van der Waals surface area contributed by atoms with E-state index in [-0.39, 0.29) is 31.0 Å². The lowest BCUT2D eigenvalue weighted by molar-refractivity contribution is -0.143. The van der Waals surface area contributed by atoms with E-state index in [2.05, 4.69) is 5.32 Å². The molecule has 1 aromatic rings. The summed E-state index contributed by atoms with van der Waals surface area (Å²) < 4.78 is 15.3. The minimum atomic E-state index is -0.321. The molecule has 0 saturated heterocycles. The molecule has 0 aromatic heterocycles. The monoisotopic (exact) mass is 338 g/mol. The zero-order valence-electron chi connectivity index (χ0n) is 14.9. The number of esters is 1. The molecular formula is C17H26N2O5. The van der Waals surface area contributed by atoms with Crippen LogP contribution in [-0.2, 0) is 9.53 Å². The minimum absolute atomic E-state index is 0.0660. The van der Waals surface area contributed by atoms with E-state index >= 15 is 0 Å². The van der Waals surface area contributed by atoms with E-state index in [9.17, 15) is 9.59 Å². The van der Waals surface area contributed by atoms with Gasteiger partial charge in [-0.3, -0.25) is 4.79 Å². The van der Waals surface area contributed by atoms with Crippen molar-refractivity contribution >= 4 is 17.7 Å². The summed E-state index contributed by atoms with van der Waals surface area (Å²) in [5.41, 5.74) is 0.532. The molecule has 0 atom stereocenters. The van der Waals surface area contributed by atoms with Crippen molar-refractivity contribution in [3.8, 4) is 11.5 Å². The molecule has 0 aliphatic rings. The van der Waals surface area contributed by atoms with Gasteiger partial charge in [-0.2, -0.15) is 0 Å². The van der Waals surface area contributed by atoms with Crippen LogP contribution in [0.4, 0.5) is 10.5 Å². The topological polar surface area (TPSA) is 77.1 Å². The Bertz CT molecular complexity index is 560. The van der Waals surface area contributed by atoms with Crippen molar-refractivity contribution in [1.82, 2.24) is 4.90 Å². The summed E-state index contributed by atoms with van der Waals surface area (Å²) in [5, 5.41) is 2.80. The maximum Gasteiger partial charge on any atom is 0.322 e. The van der Waals surface area contributed by atoms with Gasteiger partial charge in [-0.25, -0.2) is 4.79 Å². The molecule has 0 heterocycles. The fourth-order valence-electron chi connectivity index (χ4n) is 2.13. The number of amides is 2. The fourth-order valence-corrected chi connectivity index (χ4v) is 2.13. The number of benzene rings is 1. The summed E-state index contributed by atoms with van der Waals surface area (Å²) >= 11 is 0. The van der Waals surface area contributed by atoms with Gasteiger partial charge in [0, 0.05) is 18.7 Å². The highest BCUT2D eigenvalue weighted by Crippen LogP contribution is 2.29. The van der Waals surface area contributed by atoms with Crippen LogP contribution in [0.25, 0.3) is 0 Å². The molecule has 0 aliphatic carbocycles. The van der Waals surface area contributed by atoms with Gasteiger partial charge >= 0.3 is 12.0 Å². The molecule has 0 fully saturated rings. The van der Waals surface area contributed by atoms with E-state index in [1.54, 1.807) is 37.1 Å². The summed E-state index contributed by atoms with van der Waals surface area (Å²) in [6, 6.07) is 4.76. The second-order valence-corrected chi connectivity index (χ2v) is 5.34. The fraction of sp³-hybridized carbons (Fsp3) is 0.529. The third kappa shape index (κ3) is 5.64. The van der Waals surface area contributed by atoms with Gasteiger partial charge < -0.3 is 24.4 Å². The number of carbonyl (C=O) groups excluding carboxylic acids is 2. The molecule has 7 nitrogen and oxygen atoms in total. The summed E-state index contributed by atoms with van der Waals surface area (Å²) in [6.07, 6.45) is 0.152. The Hall–Kier alpha value is -2.44. The summed E-state index contributed by atoms with van der Waals surface area (Å²) in [6.45, 7) is 6.13. The van der Waals surface area contributed by atoms with E-state index < -0.39 is 0 Å². The Morgan fingerprint density at radius 3 is 2.46 bits per heavy atom. The number of anilines is 1. The third-order valence-corrected chi connectivity index (χ3v) is 3.40. The SMILES string of the molecule is CCOC(=O)CCN(C(=O)Nc1ccc(OC)cc1OC)C(C)C. The van der Waals surface area contributed by atoms with Gasteiger partial charge in [0.1, 0.15) is 11.5 Å². The van der Waals surface area contributed by atoms with Crippen LogP contribution >= 0.6 is 0 Å². The van der Waals surface area contributed by atoms with Crippen LogP contribution in [0.15, 0.2) is 18.2 Å². The number of nitrogens with zero attached hydrogens (tertiary/aromatic N) is 1. The summed E-state index contributed by atoms with van der Waals surface area (Å²) in [4.78, 5) is 25.6. The lowest BCUT2D eigenvalue weighted by Crippen LogP contribution is -2.41. The molecule has 0 radical (unpaired) electrons. The van der Waals surface area contributed by atoms with Gasteiger partial charge in [-0.15, -0.1) is 0 Å². The Morgan fingerprint density at radius 1 is 1.21 bits per heavy atom. The van der Waals surface area contributed by atoms with Gasteiger partial charge in [0.15, 0.2) is 0 Å². The van der Waals surface area contributed by atoms with E-state index in [1.165, 1.54) is 7.11 Å². The molecule has 1 N–H and O–H groups in total. The van der Waals surface area contributed by atoms with Crippen LogP contribution in [0, 0.1) is 0 Å². The molecule has 2 amide bonds. The zero-order valence-corrected chi connectivity index (χ0v) is 14.9. The molecule has 24 heavy (non-hydrogen) atoms. The van der Waals surface area contributed by atoms with Gasteiger partial charge in [0.2, 0.25) is 0 Å². The minimum Gasteiger partial charge on any atom is -0.497 e. The lowest BCUT2D eigenvalue weighted by atomic mass is 10.2. The number of urea groups is 1. The molecule has 7 heteroatoms. The van der Waals surface area contributed by atoms with Gasteiger partial charge in [0.05, 0.1) is 32.9 Å². The highest BCUT2D eigenvalue weighted by Gasteiger charge is 2.20. The quantitative estimate of drug-likeness (QED) is 0.738. The van der Waals surface area contributed by atoms with E-state index in [0.29, 0.717) is 23.8 Å². The molecule has 134 valence electrons. The maximum atomic E-state index is 12.5. The van der Waals surface area contributed by atoms with E-state index in [0.717, 1.165) is 0 Å². The first-order valence-corrected chi connectivity index (χ1v) is 7.88. The maximum absolute atomic E-state index is 12.5. The number of rotatable bonds is 8. The largest absolute Gasteiger partial charge is 0.497 e. The highest BCUT2D eigenvalue weighted by molar-refractivity contribution is 5.91.